The molecule has 0 bridgehead atoms. The number of nitrogens with zero attached hydrogens (tertiary/aromatic N) is 2. The zero-order valence-electron chi connectivity index (χ0n) is 11.3. The summed E-state index contributed by atoms with van der Waals surface area (Å²) >= 11 is 0. The van der Waals surface area contributed by atoms with Crippen molar-refractivity contribution in [2.75, 3.05) is 18.8 Å². The van der Waals surface area contributed by atoms with Crippen LogP contribution in [0.1, 0.15) is 37.6 Å². The van der Waals surface area contributed by atoms with Crippen LogP contribution in [0.4, 0.5) is 6.01 Å². The van der Waals surface area contributed by atoms with Crippen molar-refractivity contribution < 1.29 is 4.42 Å². The number of aromatic nitrogens is 1. The summed E-state index contributed by atoms with van der Waals surface area (Å²) in [5.74, 6) is 1.79. The third kappa shape index (κ3) is 3.18. The van der Waals surface area contributed by atoms with Crippen LogP contribution in [-0.2, 0) is 12.8 Å². The number of fused-ring (bicyclic) bond motifs is 2. The Kier molecular flexibility index (Phi) is 5.96. The average molecular weight is 308 g/mol. The van der Waals surface area contributed by atoms with Crippen molar-refractivity contribution in [2.24, 2.45) is 5.92 Å². The summed E-state index contributed by atoms with van der Waals surface area (Å²) in [6.07, 6.45) is 5.95. The van der Waals surface area contributed by atoms with Gasteiger partial charge in [-0.15, -0.1) is 24.8 Å². The summed E-state index contributed by atoms with van der Waals surface area (Å²) in [5.41, 5.74) is 6.76. The molecule has 19 heavy (non-hydrogen) atoms. The van der Waals surface area contributed by atoms with Gasteiger partial charge < -0.3 is 10.2 Å². The van der Waals surface area contributed by atoms with E-state index in [-0.39, 0.29) is 24.8 Å². The second kappa shape index (κ2) is 6.82. The number of nitrogens with two attached hydrogens (primary N) is 1. The molecule has 2 heterocycles. The molecule has 2 unspecified atom stereocenters. The van der Waals surface area contributed by atoms with E-state index in [2.05, 4.69) is 16.8 Å². The maximum absolute atomic E-state index is 5.65. The van der Waals surface area contributed by atoms with Crippen LogP contribution in [0.5, 0.6) is 0 Å². The lowest BCUT2D eigenvalue weighted by molar-refractivity contribution is 0.0800. The molecule has 2 N–H and O–H groups in total. The molecule has 0 spiro atoms. The number of hydrogen-bond acceptors (Lipinski definition) is 4. The Labute approximate surface area is 126 Å². The number of likely N-dealkylation sites (tertiary alicyclic amines) is 1. The highest BCUT2D eigenvalue weighted by Crippen LogP contribution is 2.35. The fraction of sp³-hybridized carbons (Fsp3) is 0.769. The molecule has 2 atom stereocenters. The molecule has 4 nitrogen and oxygen atoms in total. The third-order valence-corrected chi connectivity index (χ3v) is 4.19. The predicted molar refractivity (Wildman–Crippen MR) is 81.2 cm³/mol. The van der Waals surface area contributed by atoms with Gasteiger partial charge in [0.1, 0.15) is 5.76 Å². The van der Waals surface area contributed by atoms with Crippen LogP contribution in [-0.4, -0.2) is 29.0 Å². The standard InChI is InChI=1S/C13H21N3O.2ClH/c1-2-5-16-6-3-4-9-7-10-12(8-11(9)16)17-13(14)15-10;;/h9,11H,2-8H2,1H3,(H2,14,15);2*1H. The summed E-state index contributed by atoms with van der Waals surface area (Å²) in [4.78, 5) is 6.94. The van der Waals surface area contributed by atoms with Crippen molar-refractivity contribution >= 4 is 30.8 Å². The van der Waals surface area contributed by atoms with Gasteiger partial charge in [0.25, 0.3) is 6.01 Å². The first-order chi connectivity index (χ1) is 8.28. The molecular formula is C13H23Cl2N3O. The summed E-state index contributed by atoms with van der Waals surface area (Å²) in [6.45, 7) is 4.71. The molecular weight excluding hydrogens is 285 g/mol. The molecule has 0 radical (unpaired) electrons. The van der Waals surface area contributed by atoms with E-state index in [0.717, 1.165) is 30.2 Å². The third-order valence-electron chi connectivity index (χ3n) is 4.19. The fourth-order valence-electron chi connectivity index (χ4n) is 3.47. The molecule has 1 aromatic heterocycles. The van der Waals surface area contributed by atoms with E-state index < -0.39 is 0 Å². The molecule has 110 valence electrons. The number of piperidine rings is 1. The second-order valence-corrected chi connectivity index (χ2v) is 5.34. The number of hydrogen-bond donors (Lipinski definition) is 1. The minimum atomic E-state index is 0. The largest absolute Gasteiger partial charge is 0.429 e. The van der Waals surface area contributed by atoms with Crippen LogP contribution >= 0.6 is 24.8 Å². The number of rotatable bonds is 2. The SMILES string of the molecule is CCCN1CCCC2Cc3nc(N)oc3CC21.Cl.Cl. The van der Waals surface area contributed by atoms with Crippen LogP contribution in [0.15, 0.2) is 4.42 Å². The average Bonchev–Trinajstić information content (AvgIpc) is 2.66. The smallest absolute Gasteiger partial charge is 0.292 e. The Morgan fingerprint density at radius 3 is 2.89 bits per heavy atom. The van der Waals surface area contributed by atoms with E-state index in [9.17, 15) is 0 Å². The monoisotopic (exact) mass is 307 g/mol. The minimum Gasteiger partial charge on any atom is -0.429 e. The molecule has 0 amide bonds. The number of anilines is 1. The lowest BCUT2D eigenvalue weighted by Gasteiger charge is -2.43. The zero-order chi connectivity index (χ0) is 11.8. The molecule has 1 fully saturated rings. The number of oxazole rings is 1. The van der Waals surface area contributed by atoms with Crippen molar-refractivity contribution in [1.82, 2.24) is 9.88 Å². The van der Waals surface area contributed by atoms with Crippen molar-refractivity contribution in [3.63, 3.8) is 0 Å². The summed E-state index contributed by atoms with van der Waals surface area (Å²) in [5, 5.41) is 0. The second-order valence-electron chi connectivity index (χ2n) is 5.34. The lowest BCUT2D eigenvalue weighted by Crippen LogP contribution is -2.49. The first-order valence-corrected chi connectivity index (χ1v) is 6.76. The molecule has 2 aliphatic rings. The Balaban J connectivity index is 0.000000902. The van der Waals surface area contributed by atoms with Crippen LogP contribution in [0, 0.1) is 5.92 Å². The molecule has 1 aromatic rings. The summed E-state index contributed by atoms with van der Waals surface area (Å²) in [7, 11) is 0. The fourth-order valence-corrected chi connectivity index (χ4v) is 3.47. The van der Waals surface area contributed by atoms with Crippen LogP contribution in [0.3, 0.4) is 0 Å². The molecule has 0 aromatic carbocycles. The maximum atomic E-state index is 5.65. The lowest BCUT2D eigenvalue weighted by atomic mass is 9.79. The van der Waals surface area contributed by atoms with Gasteiger partial charge in [-0.25, -0.2) is 0 Å². The Bertz CT molecular complexity index is 409. The van der Waals surface area contributed by atoms with Gasteiger partial charge in [-0.2, -0.15) is 4.98 Å². The van der Waals surface area contributed by atoms with Crippen molar-refractivity contribution in [1.29, 1.82) is 0 Å². The van der Waals surface area contributed by atoms with Gasteiger partial charge in [-0.3, -0.25) is 4.90 Å². The summed E-state index contributed by atoms with van der Waals surface area (Å²) in [6, 6.07) is 0.999. The van der Waals surface area contributed by atoms with Crippen LogP contribution in [0.2, 0.25) is 0 Å². The van der Waals surface area contributed by atoms with E-state index >= 15 is 0 Å². The molecule has 1 aliphatic heterocycles. The number of halogens is 2. The maximum Gasteiger partial charge on any atom is 0.292 e. The van der Waals surface area contributed by atoms with Gasteiger partial charge >= 0.3 is 0 Å². The Morgan fingerprint density at radius 2 is 2.16 bits per heavy atom. The van der Waals surface area contributed by atoms with Gasteiger partial charge in [-0.1, -0.05) is 6.92 Å². The highest BCUT2D eigenvalue weighted by Gasteiger charge is 2.37. The molecule has 1 aliphatic carbocycles. The van der Waals surface area contributed by atoms with Crippen molar-refractivity contribution in [2.45, 2.75) is 45.1 Å². The van der Waals surface area contributed by atoms with Crippen LogP contribution in [0.25, 0.3) is 0 Å². The number of nitrogen functional groups attached to an aromatic ring is 1. The van der Waals surface area contributed by atoms with E-state index in [1.165, 1.54) is 32.4 Å². The van der Waals surface area contributed by atoms with Gasteiger partial charge in [0.15, 0.2) is 0 Å². The minimum absolute atomic E-state index is 0. The van der Waals surface area contributed by atoms with E-state index in [4.69, 9.17) is 10.2 Å². The van der Waals surface area contributed by atoms with Crippen molar-refractivity contribution in [3.8, 4) is 0 Å². The first kappa shape index (κ1) is 16.6. The Hall–Kier alpha value is -0.450. The predicted octanol–water partition coefficient (Wildman–Crippen LogP) is 2.69. The van der Waals surface area contributed by atoms with E-state index in [1.54, 1.807) is 0 Å². The molecule has 3 rings (SSSR count). The highest BCUT2D eigenvalue weighted by molar-refractivity contribution is 5.85. The molecule has 6 heteroatoms. The normalized spacial score (nSPS) is 25.7. The van der Waals surface area contributed by atoms with Gasteiger partial charge in [-0.05, 0) is 44.7 Å². The van der Waals surface area contributed by atoms with Gasteiger partial charge in [0.05, 0.1) is 5.69 Å². The van der Waals surface area contributed by atoms with Gasteiger partial charge in [0, 0.05) is 12.5 Å². The quantitative estimate of drug-likeness (QED) is 0.912. The van der Waals surface area contributed by atoms with Crippen molar-refractivity contribution in [3.05, 3.63) is 11.5 Å². The van der Waals surface area contributed by atoms with Crippen LogP contribution < -0.4 is 5.73 Å². The Morgan fingerprint density at radius 1 is 1.37 bits per heavy atom. The zero-order valence-corrected chi connectivity index (χ0v) is 12.9. The molecule has 0 saturated carbocycles. The highest BCUT2D eigenvalue weighted by atomic mass is 35.5. The van der Waals surface area contributed by atoms with E-state index in [1.807, 2.05) is 0 Å². The summed E-state index contributed by atoms with van der Waals surface area (Å²) < 4.78 is 5.52. The first-order valence-electron chi connectivity index (χ1n) is 6.76. The topological polar surface area (TPSA) is 55.3 Å². The molecule has 1 saturated heterocycles. The van der Waals surface area contributed by atoms with Gasteiger partial charge in [0.2, 0.25) is 0 Å². The van der Waals surface area contributed by atoms with E-state index in [0.29, 0.717) is 12.1 Å².